The number of carbonyl (C=O) groups excluding carboxylic acids is 1. The predicted molar refractivity (Wildman–Crippen MR) is 118 cm³/mol. The van der Waals surface area contributed by atoms with Crippen molar-refractivity contribution in [2.45, 2.75) is 6.54 Å². The van der Waals surface area contributed by atoms with Crippen LogP contribution in [0, 0.1) is 0 Å². The summed E-state index contributed by atoms with van der Waals surface area (Å²) >= 11 is 12.1. The SMILES string of the molecule is O=C(c1cc(-c2ccc3c(c2)OCO3)n[nH]1)N1CCN(Cc2ccc(Cl)c(Cl)c2)CC1. The molecule has 0 aliphatic carbocycles. The van der Waals surface area contributed by atoms with Crippen molar-refractivity contribution in [2.75, 3.05) is 33.0 Å². The molecule has 1 amide bonds. The number of nitrogens with one attached hydrogen (secondary N) is 1. The number of H-pyrrole nitrogens is 1. The monoisotopic (exact) mass is 458 g/mol. The predicted octanol–water partition coefficient (Wildman–Crippen LogP) is 4.07. The van der Waals surface area contributed by atoms with Gasteiger partial charge in [-0.25, -0.2) is 0 Å². The Hall–Kier alpha value is -2.74. The molecular formula is C22H20Cl2N4O3. The Morgan fingerprint density at radius 1 is 0.968 bits per heavy atom. The zero-order valence-corrected chi connectivity index (χ0v) is 18.1. The van der Waals surface area contributed by atoms with Crippen LogP contribution in [0.25, 0.3) is 11.3 Å². The Bertz CT molecular complexity index is 1130. The second kappa shape index (κ2) is 8.42. The molecule has 5 rings (SSSR count). The number of piperazine rings is 1. The summed E-state index contributed by atoms with van der Waals surface area (Å²) in [7, 11) is 0. The van der Waals surface area contributed by atoms with Gasteiger partial charge in [0.2, 0.25) is 6.79 Å². The summed E-state index contributed by atoms with van der Waals surface area (Å²) in [4.78, 5) is 17.1. The molecule has 0 spiro atoms. The van der Waals surface area contributed by atoms with Crippen LogP contribution < -0.4 is 9.47 Å². The molecule has 2 aromatic carbocycles. The largest absolute Gasteiger partial charge is 0.454 e. The summed E-state index contributed by atoms with van der Waals surface area (Å²) in [6.07, 6.45) is 0. The summed E-state index contributed by atoms with van der Waals surface area (Å²) in [5, 5.41) is 8.31. The van der Waals surface area contributed by atoms with Gasteiger partial charge >= 0.3 is 0 Å². The van der Waals surface area contributed by atoms with Crippen molar-refractivity contribution in [1.29, 1.82) is 0 Å². The third-order valence-electron chi connectivity index (χ3n) is 5.53. The van der Waals surface area contributed by atoms with E-state index in [1.807, 2.05) is 41.3 Å². The number of carbonyl (C=O) groups is 1. The standard InChI is InChI=1S/C22H20Cl2N4O3/c23-16-3-1-14(9-17(16)24)12-27-5-7-28(8-6-27)22(29)19-11-18(25-26-19)15-2-4-20-21(10-15)31-13-30-20/h1-4,9-11H,5-8,12-13H2,(H,25,26). The van der Waals surface area contributed by atoms with E-state index >= 15 is 0 Å². The van der Waals surface area contributed by atoms with Gasteiger partial charge in [0, 0.05) is 38.3 Å². The minimum absolute atomic E-state index is 0.0475. The minimum Gasteiger partial charge on any atom is -0.454 e. The average Bonchev–Trinajstić information content (AvgIpc) is 3.45. The average molecular weight is 459 g/mol. The Balaban J connectivity index is 1.20. The van der Waals surface area contributed by atoms with Crippen LogP contribution in [-0.2, 0) is 6.54 Å². The first-order valence-electron chi connectivity index (χ1n) is 9.98. The molecule has 0 unspecified atom stereocenters. The second-order valence-electron chi connectivity index (χ2n) is 7.55. The summed E-state index contributed by atoms with van der Waals surface area (Å²) in [5.74, 6) is 1.36. The van der Waals surface area contributed by atoms with Crippen molar-refractivity contribution in [3.8, 4) is 22.8 Å². The molecule has 3 aromatic rings. The van der Waals surface area contributed by atoms with Crippen LogP contribution in [0.5, 0.6) is 11.5 Å². The van der Waals surface area contributed by atoms with E-state index in [4.69, 9.17) is 32.7 Å². The molecule has 1 fully saturated rings. The number of fused-ring (bicyclic) bond motifs is 1. The maximum Gasteiger partial charge on any atom is 0.271 e. The second-order valence-corrected chi connectivity index (χ2v) is 8.37. The van der Waals surface area contributed by atoms with E-state index in [0.717, 1.165) is 30.8 Å². The maximum atomic E-state index is 12.9. The summed E-state index contributed by atoms with van der Waals surface area (Å²) < 4.78 is 10.8. The lowest BCUT2D eigenvalue weighted by Gasteiger charge is -2.34. The highest BCUT2D eigenvalue weighted by molar-refractivity contribution is 6.42. The van der Waals surface area contributed by atoms with E-state index in [1.54, 1.807) is 6.07 Å². The van der Waals surface area contributed by atoms with Gasteiger partial charge in [-0.05, 0) is 42.0 Å². The molecule has 1 N–H and O–H groups in total. The summed E-state index contributed by atoms with van der Waals surface area (Å²) in [6, 6.07) is 13.1. The fourth-order valence-electron chi connectivity index (χ4n) is 3.81. The fourth-order valence-corrected chi connectivity index (χ4v) is 4.13. The highest BCUT2D eigenvalue weighted by atomic mass is 35.5. The first-order chi connectivity index (χ1) is 15.1. The van der Waals surface area contributed by atoms with E-state index in [1.165, 1.54) is 0 Å². The molecule has 0 bridgehead atoms. The lowest BCUT2D eigenvalue weighted by Crippen LogP contribution is -2.48. The van der Waals surface area contributed by atoms with Gasteiger partial charge in [-0.15, -0.1) is 0 Å². The maximum absolute atomic E-state index is 12.9. The van der Waals surface area contributed by atoms with Crippen molar-refractivity contribution < 1.29 is 14.3 Å². The van der Waals surface area contributed by atoms with Gasteiger partial charge in [-0.3, -0.25) is 14.8 Å². The van der Waals surface area contributed by atoms with Gasteiger partial charge in [-0.2, -0.15) is 5.10 Å². The van der Waals surface area contributed by atoms with Crippen LogP contribution in [-0.4, -0.2) is 58.9 Å². The van der Waals surface area contributed by atoms with Crippen LogP contribution in [0.1, 0.15) is 16.1 Å². The third-order valence-corrected chi connectivity index (χ3v) is 6.27. The Morgan fingerprint density at radius 3 is 2.58 bits per heavy atom. The van der Waals surface area contributed by atoms with Crippen molar-refractivity contribution in [1.82, 2.24) is 20.0 Å². The summed E-state index contributed by atoms with van der Waals surface area (Å²) in [6.45, 7) is 3.87. The van der Waals surface area contributed by atoms with E-state index in [2.05, 4.69) is 15.1 Å². The van der Waals surface area contributed by atoms with Crippen LogP contribution in [0.3, 0.4) is 0 Å². The highest BCUT2D eigenvalue weighted by Gasteiger charge is 2.24. The van der Waals surface area contributed by atoms with Crippen LogP contribution in [0.4, 0.5) is 0 Å². The third kappa shape index (κ3) is 4.21. The van der Waals surface area contributed by atoms with Crippen molar-refractivity contribution in [3.05, 3.63) is 63.8 Å². The number of hydrogen-bond acceptors (Lipinski definition) is 5. The van der Waals surface area contributed by atoms with Crippen molar-refractivity contribution in [2.24, 2.45) is 0 Å². The quantitative estimate of drug-likeness (QED) is 0.637. The summed E-state index contributed by atoms with van der Waals surface area (Å²) in [5.41, 5.74) is 3.15. The zero-order chi connectivity index (χ0) is 21.4. The molecule has 1 saturated heterocycles. The first-order valence-corrected chi connectivity index (χ1v) is 10.7. The van der Waals surface area contributed by atoms with Gasteiger partial charge in [0.05, 0.1) is 15.7 Å². The van der Waals surface area contributed by atoms with Crippen LogP contribution >= 0.6 is 23.2 Å². The Morgan fingerprint density at radius 2 is 1.77 bits per heavy atom. The number of halogens is 2. The molecule has 160 valence electrons. The van der Waals surface area contributed by atoms with E-state index in [0.29, 0.717) is 46.0 Å². The smallest absolute Gasteiger partial charge is 0.271 e. The molecule has 2 aliphatic rings. The van der Waals surface area contributed by atoms with Crippen LogP contribution in [0.15, 0.2) is 42.5 Å². The van der Waals surface area contributed by atoms with Gasteiger partial charge in [0.25, 0.3) is 5.91 Å². The number of aromatic nitrogens is 2. The molecule has 7 nitrogen and oxygen atoms in total. The van der Waals surface area contributed by atoms with E-state index in [-0.39, 0.29) is 12.7 Å². The van der Waals surface area contributed by atoms with Gasteiger partial charge in [0.15, 0.2) is 11.5 Å². The molecule has 31 heavy (non-hydrogen) atoms. The topological polar surface area (TPSA) is 70.7 Å². The van der Waals surface area contributed by atoms with E-state index < -0.39 is 0 Å². The molecule has 2 aliphatic heterocycles. The normalized spacial score (nSPS) is 16.0. The van der Waals surface area contributed by atoms with Crippen molar-refractivity contribution in [3.63, 3.8) is 0 Å². The lowest BCUT2D eigenvalue weighted by molar-refractivity contribution is 0.0622. The van der Waals surface area contributed by atoms with Gasteiger partial charge < -0.3 is 14.4 Å². The van der Waals surface area contributed by atoms with Gasteiger partial charge in [-0.1, -0.05) is 29.3 Å². The minimum atomic E-state index is -0.0475. The number of hydrogen-bond donors (Lipinski definition) is 1. The highest BCUT2D eigenvalue weighted by Crippen LogP contribution is 2.35. The molecular weight excluding hydrogens is 439 g/mol. The number of benzene rings is 2. The molecule has 3 heterocycles. The molecule has 0 radical (unpaired) electrons. The lowest BCUT2D eigenvalue weighted by atomic mass is 10.1. The molecule has 1 aromatic heterocycles. The van der Waals surface area contributed by atoms with Gasteiger partial charge in [0.1, 0.15) is 5.69 Å². The molecule has 0 atom stereocenters. The Labute approximate surface area is 189 Å². The number of aromatic amines is 1. The number of rotatable bonds is 4. The number of amides is 1. The van der Waals surface area contributed by atoms with Crippen LogP contribution in [0.2, 0.25) is 10.0 Å². The molecule has 0 saturated carbocycles. The van der Waals surface area contributed by atoms with E-state index in [9.17, 15) is 4.79 Å². The Kier molecular flexibility index (Phi) is 5.48. The number of nitrogens with zero attached hydrogens (tertiary/aromatic N) is 3. The van der Waals surface area contributed by atoms with Crippen molar-refractivity contribution >= 4 is 29.1 Å². The molecule has 9 heteroatoms. The zero-order valence-electron chi connectivity index (χ0n) is 16.6. The fraction of sp³-hybridized carbons (Fsp3) is 0.273. The first kappa shape index (κ1) is 20.2. The number of ether oxygens (including phenoxy) is 2.